The minimum absolute atomic E-state index is 0.0165. The second-order valence-electron chi connectivity index (χ2n) is 10.9. The molecule has 5 unspecified atom stereocenters. The van der Waals surface area contributed by atoms with Gasteiger partial charge in [-0.2, -0.15) is 0 Å². The average Bonchev–Trinajstić information content (AvgIpc) is 2.95. The van der Waals surface area contributed by atoms with Crippen molar-refractivity contribution < 1.29 is 49.3 Å². The number of hydrogen-bond acceptors (Lipinski definition) is 16. The fourth-order valence-corrected chi connectivity index (χ4v) is 5.52. The van der Waals surface area contributed by atoms with E-state index in [1.54, 1.807) is 0 Å². The van der Waals surface area contributed by atoms with Gasteiger partial charge in [-0.25, -0.2) is 0 Å². The predicted octanol–water partition coefficient (Wildman–Crippen LogP) is -6.81. The van der Waals surface area contributed by atoms with E-state index in [4.69, 9.17) is 47.6 Å². The van der Waals surface area contributed by atoms with Crippen LogP contribution in [-0.4, -0.2) is 150 Å². The number of ether oxygens (including phenoxy) is 4. The summed E-state index contributed by atoms with van der Waals surface area (Å²) in [4.78, 5) is 12.8. The Morgan fingerprint density at radius 3 is 2.32 bits per heavy atom. The third-order valence-electron chi connectivity index (χ3n) is 7.90. The lowest BCUT2D eigenvalue weighted by Crippen LogP contribution is -2.71. The van der Waals surface area contributed by atoms with Gasteiger partial charge in [0, 0.05) is 19.1 Å². The van der Waals surface area contributed by atoms with Crippen LogP contribution in [0.5, 0.6) is 0 Å². The Balaban J connectivity index is 1.92. The average molecular weight is 596 g/mol. The molecule has 17 heteroatoms. The van der Waals surface area contributed by atoms with Crippen LogP contribution in [0.3, 0.4) is 0 Å². The number of aliphatic hydroxyl groups is 5. The van der Waals surface area contributed by atoms with Crippen LogP contribution in [0.1, 0.15) is 25.7 Å². The molecule has 0 radical (unpaired) electrons. The van der Waals surface area contributed by atoms with E-state index in [0.717, 1.165) is 0 Å². The highest BCUT2D eigenvalue weighted by Gasteiger charge is 2.51. The molecule has 0 aromatic carbocycles. The molecule has 2 saturated heterocycles. The van der Waals surface area contributed by atoms with Crippen LogP contribution < -0.4 is 39.3 Å². The molecule has 240 valence electrons. The lowest BCUT2D eigenvalue weighted by molar-refractivity contribution is -0.303. The van der Waals surface area contributed by atoms with Gasteiger partial charge in [-0.05, 0) is 32.2 Å². The number of nitrogens with one attached hydrogen (secondary N) is 2. The van der Waals surface area contributed by atoms with Crippen molar-refractivity contribution in [1.29, 1.82) is 0 Å². The van der Waals surface area contributed by atoms with Gasteiger partial charge < -0.3 is 83.8 Å². The Hall–Kier alpha value is -1.13. The lowest BCUT2D eigenvalue weighted by atomic mass is 9.81. The zero-order valence-corrected chi connectivity index (χ0v) is 23.1. The van der Waals surface area contributed by atoms with Gasteiger partial charge in [0.15, 0.2) is 12.6 Å². The molecule has 3 aliphatic rings. The first-order valence-electron chi connectivity index (χ1n) is 14.1. The van der Waals surface area contributed by atoms with Crippen molar-refractivity contribution in [3.8, 4) is 0 Å². The molecule has 0 aromatic rings. The first-order chi connectivity index (χ1) is 19.6. The highest BCUT2D eigenvalue weighted by atomic mass is 16.7. The van der Waals surface area contributed by atoms with Crippen LogP contribution >= 0.6 is 0 Å². The summed E-state index contributed by atoms with van der Waals surface area (Å²) < 4.78 is 24.2. The molecule has 2 aliphatic heterocycles. The van der Waals surface area contributed by atoms with Gasteiger partial charge in [0.25, 0.3) is 0 Å². The van der Waals surface area contributed by atoms with E-state index in [1.165, 1.54) is 0 Å². The summed E-state index contributed by atoms with van der Waals surface area (Å²) >= 11 is 0. The molecule has 1 aliphatic carbocycles. The van der Waals surface area contributed by atoms with Crippen LogP contribution in [0.15, 0.2) is 0 Å². The number of carbonyl (C=O) groups is 1. The summed E-state index contributed by atoms with van der Waals surface area (Å²) in [6.07, 6.45) is -8.49. The van der Waals surface area contributed by atoms with Crippen LogP contribution in [0.4, 0.5) is 0 Å². The Labute approximate surface area is 239 Å². The van der Waals surface area contributed by atoms with Crippen LogP contribution in [0.2, 0.25) is 0 Å². The third kappa shape index (κ3) is 8.49. The molecular formula is C24H49N7O10. The summed E-state index contributed by atoms with van der Waals surface area (Å²) in [6.45, 7) is -0.443. The number of hydrogen-bond donors (Lipinski definition) is 12. The van der Waals surface area contributed by atoms with Crippen molar-refractivity contribution in [3.63, 3.8) is 0 Å². The normalized spacial score (nSPS) is 42.5. The standard InChI is InChI=1S/C24H49N7O10/c25-4-3-14(34)22(37)31-13-7-12(28)20(40-23-11(27)2-1-10(8-26)38-23)17(30-5-6-32)21(13)41-24-19(36)16(29)18(35)15(9-33)39-24/h10-21,23-24,30,32-36H,1-9,25-29H2,(H,31,37)/t10-,11?,12-,13+,14-,15?,16-,17?,18-,19?,20?,21-,23+,24+/m0/s1. The molecule has 14 atom stereocenters. The zero-order valence-electron chi connectivity index (χ0n) is 23.1. The molecule has 41 heavy (non-hydrogen) atoms. The van der Waals surface area contributed by atoms with Gasteiger partial charge in [0.2, 0.25) is 5.91 Å². The first kappa shape index (κ1) is 34.4. The molecule has 17 N–H and O–H groups in total. The van der Waals surface area contributed by atoms with E-state index in [0.29, 0.717) is 12.8 Å². The highest BCUT2D eigenvalue weighted by molar-refractivity contribution is 5.80. The highest BCUT2D eigenvalue weighted by Crippen LogP contribution is 2.31. The largest absolute Gasteiger partial charge is 0.395 e. The Kier molecular flexibility index (Phi) is 13.5. The van der Waals surface area contributed by atoms with Crippen molar-refractivity contribution >= 4 is 5.91 Å². The quantitative estimate of drug-likeness (QED) is 0.0941. The first-order valence-corrected chi connectivity index (χ1v) is 14.1. The maximum atomic E-state index is 12.8. The molecule has 0 bridgehead atoms. The summed E-state index contributed by atoms with van der Waals surface area (Å²) in [7, 11) is 0. The molecule has 3 fully saturated rings. The van der Waals surface area contributed by atoms with Crippen molar-refractivity contribution in [1.82, 2.24) is 10.6 Å². The molecular weight excluding hydrogens is 546 g/mol. The number of amides is 1. The molecule has 0 spiro atoms. The van der Waals surface area contributed by atoms with Crippen molar-refractivity contribution in [2.45, 2.75) is 111 Å². The van der Waals surface area contributed by atoms with E-state index < -0.39 is 91.9 Å². The molecule has 2 heterocycles. The summed E-state index contributed by atoms with van der Waals surface area (Å²) in [5, 5.41) is 56.5. The van der Waals surface area contributed by atoms with E-state index in [2.05, 4.69) is 10.6 Å². The fraction of sp³-hybridized carbons (Fsp3) is 0.958. The second-order valence-corrected chi connectivity index (χ2v) is 10.9. The maximum absolute atomic E-state index is 12.8. The molecule has 17 nitrogen and oxygen atoms in total. The van der Waals surface area contributed by atoms with Crippen LogP contribution in [0.25, 0.3) is 0 Å². The molecule has 3 rings (SSSR count). The Morgan fingerprint density at radius 2 is 1.68 bits per heavy atom. The van der Waals surface area contributed by atoms with Crippen LogP contribution in [0, 0.1) is 0 Å². The SMILES string of the molecule is NCC[C@H](O)C(=O)N[C@@H]1C[C@H](N)C(O[C@H]2O[C@H](CN)CCC2N)C(NCCO)[C@H]1O[C@H]1OC(CO)[C@H](O)[C@H](N)C1O. The maximum Gasteiger partial charge on any atom is 0.249 e. The molecule has 0 aromatic heterocycles. The van der Waals surface area contributed by atoms with Gasteiger partial charge >= 0.3 is 0 Å². The van der Waals surface area contributed by atoms with Crippen molar-refractivity contribution in [2.75, 3.05) is 32.8 Å². The van der Waals surface area contributed by atoms with Crippen LogP contribution in [-0.2, 0) is 23.7 Å². The minimum atomic E-state index is -1.51. The lowest BCUT2D eigenvalue weighted by Gasteiger charge is -2.50. The van der Waals surface area contributed by atoms with Crippen molar-refractivity contribution in [3.05, 3.63) is 0 Å². The minimum Gasteiger partial charge on any atom is -0.395 e. The van der Waals surface area contributed by atoms with Gasteiger partial charge in [-0.15, -0.1) is 0 Å². The third-order valence-corrected chi connectivity index (χ3v) is 7.90. The number of rotatable bonds is 13. The van der Waals surface area contributed by atoms with Gasteiger partial charge in [-0.1, -0.05) is 0 Å². The van der Waals surface area contributed by atoms with E-state index in [-0.39, 0.29) is 45.2 Å². The van der Waals surface area contributed by atoms with E-state index in [9.17, 15) is 30.3 Å². The van der Waals surface area contributed by atoms with Gasteiger partial charge in [0.1, 0.15) is 24.4 Å². The Bertz CT molecular complexity index is 804. The fourth-order valence-electron chi connectivity index (χ4n) is 5.52. The monoisotopic (exact) mass is 595 g/mol. The summed E-state index contributed by atoms with van der Waals surface area (Å²) in [6, 6.07) is -4.11. The molecule has 1 saturated carbocycles. The number of nitrogens with two attached hydrogens (primary N) is 5. The summed E-state index contributed by atoms with van der Waals surface area (Å²) in [5.41, 5.74) is 30.1. The van der Waals surface area contributed by atoms with E-state index >= 15 is 0 Å². The topological polar surface area (TPSA) is 309 Å². The number of aliphatic hydroxyl groups excluding tert-OH is 5. The predicted molar refractivity (Wildman–Crippen MR) is 143 cm³/mol. The Morgan fingerprint density at radius 1 is 0.976 bits per heavy atom. The summed E-state index contributed by atoms with van der Waals surface area (Å²) in [5.74, 6) is -0.713. The van der Waals surface area contributed by atoms with E-state index in [1.807, 2.05) is 0 Å². The van der Waals surface area contributed by atoms with Gasteiger partial charge in [-0.3, -0.25) is 4.79 Å². The molecule has 1 amide bonds. The smallest absolute Gasteiger partial charge is 0.249 e. The number of carbonyl (C=O) groups excluding carboxylic acids is 1. The van der Waals surface area contributed by atoms with Crippen molar-refractivity contribution in [2.24, 2.45) is 28.7 Å². The second kappa shape index (κ2) is 16.1. The van der Waals surface area contributed by atoms with Gasteiger partial charge in [0.05, 0.1) is 55.7 Å². The zero-order chi connectivity index (χ0) is 30.3.